The molecule has 0 radical (unpaired) electrons. The lowest BCUT2D eigenvalue weighted by molar-refractivity contribution is -0.0462. The summed E-state index contributed by atoms with van der Waals surface area (Å²) in [5.74, 6) is 2.45. The number of nitrogens with zero attached hydrogens (tertiary/aromatic N) is 2. The van der Waals surface area contributed by atoms with Gasteiger partial charge in [0.15, 0.2) is 6.10 Å². The molecule has 4 rings (SSSR count). The zero-order chi connectivity index (χ0) is 18.8. The van der Waals surface area contributed by atoms with Crippen LogP contribution in [-0.4, -0.2) is 61.5 Å². The van der Waals surface area contributed by atoms with E-state index >= 15 is 0 Å². The maximum atomic E-state index is 5.44. The van der Waals surface area contributed by atoms with Crippen molar-refractivity contribution in [1.29, 1.82) is 0 Å². The molecule has 0 aromatic heterocycles. The molecule has 2 aromatic rings. The zero-order valence-electron chi connectivity index (χ0n) is 16.7. The van der Waals surface area contributed by atoms with E-state index < -0.39 is 0 Å². The van der Waals surface area contributed by atoms with Crippen LogP contribution in [-0.2, 0) is 6.54 Å². The number of piperidine rings is 1. The first-order valence-electron chi connectivity index (χ1n) is 9.97. The number of aromatic hydroxyl groups is 1. The molecule has 4 nitrogen and oxygen atoms in total. The summed E-state index contributed by atoms with van der Waals surface area (Å²) >= 11 is 0. The second-order valence-electron chi connectivity index (χ2n) is 8.07. The maximum absolute atomic E-state index is 5.44. The lowest BCUT2D eigenvalue weighted by atomic mass is 9.84. The van der Waals surface area contributed by atoms with E-state index in [2.05, 4.69) is 60.3 Å². The average molecular weight is 368 g/mol. The lowest BCUT2D eigenvalue weighted by Gasteiger charge is -2.33. The molecular weight excluding hydrogens is 336 g/mol. The van der Waals surface area contributed by atoms with Gasteiger partial charge in [0.05, 0.1) is 7.11 Å². The Morgan fingerprint density at radius 3 is 2.59 bits per heavy atom. The van der Waals surface area contributed by atoms with E-state index in [-0.39, 0.29) is 0 Å². The fourth-order valence-electron chi connectivity index (χ4n) is 4.39. The molecule has 144 valence electrons. The van der Waals surface area contributed by atoms with E-state index in [0.717, 1.165) is 37.7 Å². The summed E-state index contributed by atoms with van der Waals surface area (Å²) in [7, 11) is 6.14. The molecule has 0 amide bonds. The molecule has 0 aliphatic carbocycles. The summed E-state index contributed by atoms with van der Waals surface area (Å²) in [4.78, 5) is 4.80. The Hall–Kier alpha value is -2.04. The van der Waals surface area contributed by atoms with Crippen LogP contribution in [0.4, 0.5) is 0 Å². The van der Waals surface area contributed by atoms with Gasteiger partial charge in [0.1, 0.15) is 5.75 Å². The van der Waals surface area contributed by atoms with Gasteiger partial charge in [-0.15, -0.1) is 0 Å². The summed E-state index contributed by atoms with van der Waals surface area (Å²) in [5.41, 5.74) is 4.16. The molecule has 0 spiro atoms. The minimum atomic E-state index is 0.381. The highest BCUT2D eigenvalue weighted by molar-refractivity contribution is 5.45. The van der Waals surface area contributed by atoms with E-state index in [1.54, 1.807) is 7.11 Å². The Kier molecular flexibility index (Phi) is 5.37. The van der Waals surface area contributed by atoms with Crippen LogP contribution in [0.25, 0.3) is 0 Å². The Morgan fingerprint density at radius 1 is 1.00 bits per heavy atom. The first kappa shape index (κ1) is 18.3. The topological polar surface area (TPSA) is 28.5 Å². The largest absolute Gasteiger partial charge is 0.581 e. The summed E-state index contributed by atoms with van der Waals surface area (Å²) in [6, 6.07) is 15.3. The van der Waals surface area contributed by atoms with E-state index in [9.17, 15) is 0 Å². The van der Waals surface area contributed by atoms with E-state index in [4.69, 9.17) is 9.47 Å². The van der Waals surface area contributed by atoms with Crippen LogP contribution < -0.4 is 4.74 Å². The highest BCUT2D eigenvalue weighted by Crippen LogP contribution is 2.36. The van der Waals surface area contributed by atoms with E-state index in [1.807, 2.05) is 6.07 Å². The smallest absolute Gasteiger partial charge is 0.255 e. The first-order valence-corrected chi connectivity index (χ1v) is 9.97. The fraction of sp³-hybridized carbons (Fsp3) is 0.478. The van der Waals surface area contributed by atoms with Crippen molar-refractivity contribution in [1.82, 2.24) is 9.80 Å². The van der Waals surface area contributed by atoms with Gasteiger partial charge in [-0.3, -0.25) is 0 Å². The van der Waals surface area contributed by atoms with Crippen molar-refractivity contribution >= 4 is 0 Å². The lowest BCUT2D eigenvalue weighted by Crippen LogP contribution is -2.34. The van der Waals surface area contributed by atoms with Crippen LogP contribution in [0.5, 0.6) is 11.5 Å². The fourth-order valence-corrected chi connectivity index (χ4v) is 4.39. The van der Waals surface area contributed by atoms with Crippen molar-refractivity contribution in [3.63, 3.8) is 0 Å². The van der Waals surface area contributed by atoms with Crippen molar-refractivity contribution in [2.24, 2.45) is 0 Å². The molecule has 2 aromatic carbocycles. The maximum Gasteiger partial charge on any atom is 0.255 e. The SMILES string of the molecule is COc1cccc(C2CN(C)Cc3cc([OH+]C4CCN(C)CC4)ccc32)c1. The van der Waals surface area contributed by atoms with E-state index in [0.29, 0.717) is 12.0 Å². The average Bonchev–Trinajstić information content (AvgIpc) is 2.69. The number of hydrogen-bond acceptors (Lipinski definition) is 3. The molecule has 27 heavy (non-hydrogen) atoms. The molecule has 4 heteroatoms. The molecular formula is C23H31N2O2+. The second kappa shape index (κ2) is 7.91. The molecule has 1 fully saturated rings. The molecule has 2 aliphatic heterocycles. The van der Waals surface area contributed by atoms with Crippen molar-refractivity contribution in [3.05, 3.63) is 59.2 Å². The molecule has 1 unspecified atom stereocenters. The van der Waals surface area contributed by atoms with Crippen LogP contribution >= 0.6 is 0 Å². The Labute approximate surface area is 162 Å². The van der Waals surface area contributed by atoms with Gasteiger partial charge < -0.3 is 19.3 Å². The minimum absolute atomic E-state index is 0.381. The number of methoxy groups -OCH3 is 1. The number of likely N-dealkylation sites (tertiary alicyclic amines) is 1. The first-order chi connectivity index (χ1) is 13.1. The molecule has 1 N–H and O–H groups in total. The van der Waals surface area contributed by atoms with Gasteiger partial charge in [0.25, 0.3) is 5.75 Å². The Balaban J connectivity index is 1.57. The highest BCUT2D eigenvalue weighted by Gasteiger charge is 2.27. The Bertz CT molecular complexity index is 784. The number of ether oxygens (including phenoxy) is 2. The summed E-state index contributed by atoms with van der Waals surface area (Å²) < 4.78 is 10.5. The van der Waals surface area contributed by atoms with Gasteiger partial charge in [-0.2, -0.15) is 0 Å². The van der Waals surface area contributed by atoms with Crippen molar-refractivity contribution < 1.29 is 9.47 Å². The molecule has 2 heterocycles. The third-order valence-electron chi connectivity index (χ3n) is 5.95. The molecule has 0 saturated carbocycles. The van der Waals surface area contributed by atoms with Crippen LogP contribution in [0.1, 0.15) is 35.4 Å². The predicted molar refractivity (Wildman–Crippen MR) is 110 cm³/mol. The van der Waals surface area contributed by atoms with Crippen LogP contribution in [0, 0.1) is 0 Å². The van der Waals surface area contributed by atoms with Crippen molar-refractivity contribution in [3.8, 4) is 11.5 Å². The number of hydrogen-bond donors (Lipinski definition) is 0. The molecule has 1 atom stereocenters. The third kappa shape index (κ3) is 4.12. The summed E-state index contributed by atoms with van der Waals surface area (Å²) in [6.45, 7) is 4.33. The van der Waals surface area contributed by atoms with Crippen LogP contribution in [0.2, 0.25) is 0 Å². The quantitative estimate of drug-likeness (QED) is 0.773. The molecule has 2 aliphatic rings. The number of benzene rings is 2. The highest BCUT2D eigenvalue weighted by atomic mass is 16.5. The second-order valence-corrected chi connectivity index (χ2v) is 8.07. The number of rotatable bonds is 4. The van der Waals surface area contributed by atoms with Crippen molar-refractivity contribution in [2.75, 3.05) is 40.8 Å². The van der Waals surface area contributed by atoms with Gasteiger partial charge in [-0.1, -0.05) is 12.1 Å². The van der Waals surface area contributed by atoms with Gasteiger partial charge in [0.2, 0.25) is 0 Å². The van der Waals surface area contributed by atoms with Gasteiger partial charge in [-0.05, 0) is 49.0 Å². The normalized spacial score (nSPS) is 21.7. The third-order valence-corrected chi connectivity index (χ3v) is 5.95. The number of fused-ring (bicyclic) bond motifs is 1. The van der Waals surface area contributed by atoms with Gasteiger partial charge >= 0.3 is 0 Å². The summed E-state index contributed by atoms with van der Waals surface area (Å²) in [5, 5.41) is 0. The summed E-state index contributed by atoms with van der Waals surface area (Å²) in [6.07, 6.45) is 2.80. The number of aliphatic hydroxyl groups is 1. The Morgan fingerprint density at radius 2 is 1.81 bits per heavy atom. The van der Waals surface area contributed by atoms with Gasteiger partial charge in [0, 0.05) is 57.1 Å². The number of likely N-dealkylation sites (N-methyl/N-ethyl adjacent to an activating group) is 1. The van der Waals surface area contributed by atoms with Crippen molar-refractivity contribution in [2.45, 2.75) is 31.4 Å². The van der Waals surface area contributed by atoms with Crippen LogP contribution in [0.15, 0.2) is 42.5 Å². The molecule has 0 bridgehead atoms. The van der Waals surface area contributed by atoms with Gasteiger partial charge in [-0.25, -0.2) is 0 Å². The van der Waals surface area contributed by atoms with Crippen LogP contribution in [0.3, 0.4) is 0 Å². The molecule has 1 saturated heterocycles. The van der Waals surface area contributed by atoms with E-state index in [1.165, 1.54) is 29.5 Å². The predicted octanol–water partition coefficient (Wildman–Crippen LogP) is 3.61. The zero-order valence-corrected chi connectivity index (χ0v) is 16.7. The monoisotopic (exact) mass is 367 g/mol. The minimum Gasteiger partial charge on any atom is -0.581 e. The standard InChI is InChI=1S/C23H30N2O2/c1-24-11-9-19(10-12-24)27-21-7-8-22-18(14-21)15-25(2)16-23(22)17-5-4-6-20(13-17)26-3/h4-8,13-14,19,23H,9-12,15-16H2,1-3H3/p+1.